The number of aliphatic hydroxyl groups excluding tert-OH is 1. The van der Waals surface area contributed by atoms with Gasteiger partial charge in [-0.05, 0) is 29.7 Å². The van der Waals surface area contributed by atoms with Gasteiger partial charge in [-0.15, -0.1) is 0 Å². The van der Waals surface area contributed by atoms with Gasteiger partial charge in [0.25, 0.3) is 0 Å². The molecular weight excluding hydrogens is 338 g/mol. The largest absolute Gasteiger partial charge is 0.493 e. The van der Waals surface area contributed by atoms with E-state index in [4.69, 9.17) is 26.8 Å². The molecule has 0 aliphatic heterocycles. The smallest absolute Gasteiger partial charge is 0.166 e. The molecule has 3 N–H and O–H groups in total. The molecule has 0 aliphatic carbocycles. The van der Waals surface area contributed by atoms with E-state index in [0.29, 0.717) is 33.3 Å². The number of nitrogen functional groups attached to an aromatic ring is 1. The minimum atomic E-state index is -0.962. The SMILES string of the molecule is CC.COc1cccc(C(O)c2cc(Cl)cc(C(C)C)c2N)c1OC. The standard InChI is InChI=1S/C18H22ClNO3.C2H6/c1-10(2)13-8-11(19)9-14(16(13)20)17(21)12-6-5-7-15(22-3)18(12)23-4;1-2/h5-10,17,21H,20H2,1-4H3;1-2H3. The molecule has 0 saturated heterocycles. The maximum absolute atomic E-state index is 10.9. The fourth-order valence-corrected chi connectivity index (χ4v) is 2.89. The third-order valence-electron chi connectivity index (χ3n) is 3.85. The summed E-state index contributed by atoms with van der Waals surface area (Å²) in [6, 6.07) is 8.87. The van der Waals surface area contributed by atoms with Crippen molar-refractivity contribution in [1.29, 1.82) is 0 Å². The quantitative estimate of drug-likeness (QED) is 0.717. The summed E-state index contributed by atoms with van der Waals surface area (Å²) in [7, 11) is 3.09. The van der Waals surface area contributed by atoms with E-state index in [-0.39, 0.29) is 5.92 Å². The van der Waals surface area contributed by atoms with E-state index >= 15 is 0 Å². The van der Waals surface area contributed by atoms with Gasteiger partial charge in [-0.3, -0.25) is 0 Å². The first-order valence-electron chi connectivity index (χ1n) is 8.38. The van der Waals surface area contributed by atoms with E-state index in [0.717, 1.165) is 5.56 Å². The molecule has 0 aliphatic rings. The molecular formula is C20H28ClNO3. The number of methoxy groups -OCH3 is 2. The number of aliphatic hydroxyl groups is 1. The second kappa shape index (κ2) is 9.54. The predicted octanol–water partition coefficient (Wildman–Crippen LogP) is 5.17. The van der Waals surface area contributed by atoms with Crippen LogP contribution in [0.4, 0.5) is 5.69 Å². The molecule has 0 heterocycles. The fraction of sp³-hybridized carbons (Fsp3) is 0.400. The van der Waals surface area contributed by atoms with Crippen molar-refractivity contribution >= 4 is 17.3 Å². The van der Waals surface area contributed by atoms with Crippen LogP contribution in [0.1, 0.15) is 56.4 Å². The molecule has 0 amide bonds. The fourth-order valence-electron chi connectivity index (χ4n) is 2.66. The molecule has 2 aromatic carbocycles. The van der Waals surface area contributed by atoms with Crippen LogP contribution in [0, 0.1) is 0 Å². The zero-order valence-electron chi connectivity index (χ0n) is 15.8. The van der Waals surface area contributed by atoms with Crippen molar-refractivity contribution in [3.63, 3.8) is 0 Å². The number of benzene rings is 2. The van der Waals surface area contributed by atoms with Gasteiger partial charge in [0, 0.05) is 21.8 Å². The van der Waals surface area contributed by atoms with Crippen molar-refractivity contribution in [2.24, 2.45) is 0 Å². The van der Waals surface area contributed by atoms with Crippen LogP contribution in [0.5, 0.6) is 11.5 Å². The van der Waals surface area contributed by atoms with Crippen LogP contribution in [0.3, 0.4) is 0 Å². The summed E-state index contributed by atoms with van der Waals surface area (Å²) < 4.78 is 10.7. The molecule has 138 valence electrons. The van der Waals surface area contributed by atoms with Crippen LogP contribution in [-0.2, 0) is 0 Å². The Kier molecular flexibility index (Phi) is 8.07. The molecule has 5 heteroatoms. The highest BCUT2D eigenvalue weighted by Crippen LogP contribution is 2.40. The lowest BCUT2D eigenvalue weighted by Gasteiger charge is -2.21. The second-order valence-electron chi connectivity index (χ2n) is 5.64. The third-order valence-corrected chi connectivity index (χ3v) is 4.07. The van der Waals surface area contributed by atoms with Crippen LogP contribution in [0.25, 0.3) is 0 Å². The Morgan fingerprint density at radius 3 is 2.12 bits per heavy atom. The monoisotopic (exact) mass is 365 g/mol. The Morgan fingerprint density at radius 1 is 1.00 bits per heavy atom. The van der Waals surface area contributed by atoms with Gasteiger partial charge in [0.05, 0.1) is 14.2 Å². The summed E-state index contributed by atoms with van der Waals surface area (Å²) in [5, 5.41) is 11.4. The Labute approximate surface area is 155 Å². The Bertz CT molecular complexity index is 702. The molecule has 2 rings (SSSR count). The van der Waals surface area contributed by atoms with Crippen molar-refractivity contribution in [2.75, 3.05) is 20.0 Å². The number of anilines is 1. The molecule has 1 atom stereocenters. The first kappa shape index (κ1) is 21.1. The minimum Gasteiger partial charge on any atom is -0.493 e. The van der Waals surface area contributed by atoms with Gasteiger partial charge >= 0.3 is 0 Å². The van der Waals surface area contributed by atoms with Crippen LogP contribution in [0.15, 0.2) is 30.3 Å². The zero-order chi connectivity index (χ0) is 19.1. The maximum atomic E-state index is 10.9. The lowest BCUT2D eigenvalue weighted by Crippen LogP contribution is -2.09. The first-order chi connectivity index (χ1) is 11.9. The van der Waals surface area contributed by atoms with Crippen molar-refractivity contribution in [2.45, 2.75) is 39.7 Å². The van der Waals surface area contributed by atoms with Gasteiger partial charge in [0.15, 0.2) is 11.5 Å². The van der Waals surface area contributed by atoms with Crippen molar-refractivity contribution in [3.8, 4) is 11.5 Å². The number of hydrogen-bond acceptors (Lipinski definition) is 4. The lowest BCUT2D eigenvalue weighted by molar-refractivity contribution is 0.213. The summed E-state index contributed by atoms with van der Waals surface area (Å²) in [5.74, 6) is 1.23. The van der Waals surface area contributed by atoms with Gasteiger partial charge in [0.1, 0.15) is 6.10 Å². The molecule has 0 fully saturated rings. The van der Waals surface area contributed by atoms with E-state index in [2.05, 4.69) is 0 Å². The number of ether oxygens (including phenoxy) is 2. The summed E-state index contributed by atoms with van der Waals surface area (Å²) in [5.41, 5.74) is 8.86. The Balaban J connectivity index is 0.00000151. The molecule has 25 heavy (non-hydrogen) atoms. The Hall–Kier alpha value is -1.91. The predicted molar refractivity (Wildman–Crippen MR) is 105 cm³/mol. The van der Waals surface area contributed by atoms with Crippen LogP contribution < -0.4 is 15.2 Å². The Morgan fingerprint density at radius 2 is 1.60 bits per heavy atom. The number of rotatable bonds is 5. The summed E-state index contributed by atoms with van der Waals surface area (Å²) in [6.07, 6.45) is -0.962. The van der Waals surface area contributed by atoms with Gasteiger partial charge in [-0.25, -0.2) is 0 Å². The van der Waals surface area contributed by atoms with Crippen LogP contribution in [-0.4, -0.2) is 19.3 Å². The minimum absolute atomic E-state index is 0.201. The van der Waals surface area contributed by atoms with E-state index in [1.807, 2.05) is 33.8 Å². The van der Waals surface area contributed by atoms with Gasteiger partial charge < -0.3 is 20.3 Å². The van der Waals surface area contributed by atoms with Crippen molar-refractivity contribution < 1.29 is 14.6 Å². The van der Waals surface area contributed by atoms with Crippen LogP contribution >= 0.6 is 11.6 Å². The number of nitrogens with two attached hydrogens (primary N) is 1. The van der Waals surface area contributed by atoms with Gasteiger partial charge in [-0.1, -0.05) is 51.4 Å². The van der Waals surface area contributed by atoms with E-state index in [1.54, 1.807) is 31.4 Å². The highest BCUT2D eigenvalue weighted by Gasteiger charge is 2.22. The molecule has 4 nitrogen and oxygen atoms in total. The highest BCUT2D eigenvalue weighted by atomic mass is 35.5. The molecule has 0 aromatic heterocycles. The normalized spacial score (nSPS) is 11.6. The molecule has 0 bridgehead atoms. The summed E-state index contributed by atoms with van der Waals surface area (Å²) in [6.45, 7) is 8.06. The van der Waals surface area contributed by atoms with Gasteiger partial charge in [0.2, 0.25) is 0 Å². The number of para-hydroxylation sites is 1. The zero-order valence-corrected chi connectivity index (χ0v) is 16.5. The summed E-state index contributed by atoms with van der Waals surface area (Å²) >= 11 is 6.21. The average Bonchev–Trinajstić information content (AvgIpc) is 2.63. The van der Waals surface area contributed by atoms with Gasteiger partial charge in [-0.2, -0.15) is 0 Å². The number of halogens is 1. The third kappa shape index (κ3) is 4.59. The van der Waals surface area contributed by atoms with Crippen LogP contribution in [0.2, 0.25) is 5.02 Å². The van der Waals surface area contributed by atoms with E-state index in [9.17, 15) is 5.11 Å². The maximum Gasteiger partial charge on any atom is 0.166 e. The van der Waals surface area contributed by atoms with Crippen molar-refractivity contribution in [1.82, 2.24) is 0 Å². The first-order valence-corrected chi connectivity index (χ1v) is 8.76. The van der Waals surface area contributed by atoms with E-state index < -0.39 is 6.10 Å². The molecule has 0 radical (unpaired) electrons. The average molecular weight is 366 g/mol. The van der Waals surface area contributed by atoms with Crippen molar-refractivity contribution in [3.05, 3.63) is 52.0 Å². The topological polar surface area (TPSA) is 64.7 Å². The molecule has 0 saturated carbocycles. The highest BCUT2D eigenvalue weighted by molar-refractivity contribution is 6.30. The molecule has 0 spiro atoms. The summed E-state index contributed by atoms with van der Waals surface area (Å²) in [4.78, 5) is 0. The number of hydrogen-bond donors (Lipinski definition) is 2. The molecule has 1 unspecified atom stereocenters. The second-order valence-corrected chi connectivity index (χ2v) is 6.07. The lowest BCUT2D eigenvalue weighted by atomic mass is 9.92. The molecule has 2 aromatic rings. The van der Waals surface area contributed by atoms with E-state index in [1.165, 1.54) is 7.11 Å².